The number of nitrogens with one attached hydrogen (secondary N) is 2. The summed E-state index contributed by atoms with van der Waals surface area (Å²) in [5.74, 6) is -1.87. The van der Waals surface area contributed by atoms with E-state index >= 15 is 0 Å². The Bertz CT molecular complexity index is 556. The van der Waals surface area contributed by atoms with Gasteiger partial charge in [0, 0.05) is 11.3 Å². The van der Waals surface area contributed by atoms with Gasteiger partial charge in [0.2, 0.25) is 0 Å². The van der Waals surface area contributed by atoms with Crippen LogP contribution in [-0.2, 0) is 19.1 Å². The number of aliphatic hydroxyl groups excluding tert-OH is 1. The molecule has 23 heavy (non-hydrogen) atoms. The van der Waals surface area contributed by atoms with Crippen molar-refractivity contribution in [1.82, 2.24) is 5.32 Å². The number of hydrogen-bond donors (Lipinski definition) is 3. The van der Waals surface area contributed by atoms with E-state index in [2.05, 4.69) is 5.32 Å². The third kappa shape index (κ3) is 6.29. The minimum Gasteiger partial charge on any atom is -0.461 e. The standard InChI is InChI=1S/C15H20N2O5S/c1-9(2)22-15(21)11(6-5-10(18)8-16)17-14(20)13(19)12-4-3-7-23-12/h3-4,7-9,11,13,16,19H,5-6H2,1-2H3,(H,17,20)/t11-,13+/m0/s1. The molecule has 0 aromatic carbocycles. The van der Waals surface area contributed by atoms with Gasteiger partial charge in [-0.1, -0.05) is 6.07 Å². The zero-order valence-corrected chi connectivity index (χ0v) is 13.8. The van der Waals surface area contributed by atoms with E-state index < -0.39 is 29.8 Å². The molecule has 1 aromatic heterocycles. The lowest BCUT2D eigenvalue weighted by atomic mass is 10.1. The number of ether oxygens (including phenoxy) is 1. The molecule has 1 aromatic rings. The molecule has 0 aliphatic heterocycles. The van der Waals surface area contributed by atoms with E-state index in [1.807, 2.05) is 0 Å². The maximum atomic E-state index is 12.1. The fourth-order valence-corrected chi connectivity index (χ4v) is 2.46. The molecule has 3 N–H and O–H groups in total. The molecule has 8 heteroatoms. The highest BCUT2D eigenvalue weighted by Crippen LogP contribution is 2.19. The van der Waals surface area contributed by atoms with Crippen molar-refractivity contribution in [1.29, 1.82) is 5.41 Å². The van der Waals surface area contributed by atoms with E-state index in [1.165, 1.54) is 11.3 Å². The molecule has 1 amide bonds. The Morgan fingerprint density at radius 3 is 2.65 bits per heavy atom. The highest BCUT2D eigenvalue weighted by atomic mass is 32.1. The molecular weight excluding hydrogens is 320 g/mol. The Balaban J connectivity index is 2.74. The molecule has 7 nitrogen and oxygen atoms in total. The van der Waals surface area contributed by atoms with Gasteiger partial charge in [-0.05, 0) is 31.7 Å². The number of hydrogen-bond acceptors (Lipinski definition) is 7. The average Bonchev–Trinajstić information content (AvgIpc) is 3.03. The van der Waals surface area contributed by atoms with Crippen LogP contribution >= 0.6 is 11.3 Å². The first-order chi connectivity index (χ1) is 10.8. The minimum atomic E-state index is -1.39. The second-order valence-electron chi connectivity index (χ2n) is 5.11. The highest BCUT2D eigenvalue weighted by Gasteiger charge is 2.27. The average molecular weight is 340 g/mol. The molecule has 126 valence electrons. The Kier molecular flexibility index (Phi) is 7.56. The Hall–Kier alpha value is -2.06. The van der Waals surface area contributed by atoms with Crippen molar-refractivity contribution in [2.24, 2.45) is 0 Å². The first-order valence-corrected chi connectivity index (χ1v) is 7.98. The summed E-state index contributed by atoms with van der Waals surface area (Å²) >= 11 is 1.22. The van der Waals surface area contributed by atoms with Gasteiger partial charge in [0.05, 0.1) is 12.3 Å². The van der Waals surface area contributed by atoms with Crippen LogP contribution in [0.15, 0.2) is 17.5 Å². The van der Waals surface area contributed by atoms with Crippen LogP contribution in [0.2, 0.25) is 0 Å². The van der Waals surface area contributed by atoms with Crippen LogP contribution in [0.25, 0.3) is 0 Å². The summed E-state index contributed by atoms with van der Waals surface area (Å²) in [5, 5.41) is 20.9. The molecule has 0 spiro atoms. The van der Waals surface area contributed by atoms with Gasteiger partial charge in [0.1, 0.15) is 6.04 Å². The molecule has 1 heterocycles. The van der Waals surface area contributed by atoms with Crippen LogP contribution in [0, 0.1) is 5.41 Å². The predicted molar refractivity (Wildman–Crippen MR) is 85.5 cm³/mol. The fourth-order valence-electron chi connectivity index (χ4n) is 1.75. The lowest BCUT2D eigenvalue weighted by Gasteiger charge is -2.20. The summed E-state index contributed by atoms with van der Waals surface area (Å²) in [6.07, 6.45) is -1.17. The summed E-state index contributed by atoms with van der Waals surface area (Å²) in [6.45, 7) is 3.33. The Labute approximate surface area is 138 Å². The molecule has 0 unspecified atom stereocenters. The molecule has 0 saturated carbocycles. The van der Waals surface area contributed by atoms with Gasteiger partial charge in [-0.2, -0.15) is 0 Å². The van der Waals surface area contributed by atoms with Gasteiger partial charge in [0.25, 0.3) is 5.91 Å². The first kappa shape index (κ1) is 19.0. The molecule has 1 rings (SSSR count). The number of esters is 1. The van der Waals surface area contributed by atoms with Gasteiger partial charge in [-0.25, -0.2) is 4.79 Å². The summed E-state index contributed by atoms with van der Waals surface area (Å²) in [7, 11) is 0. The second kappa shape index (κ2) is 9.16. The monoisotopic (exact) mass is 340 g/mol. The number of amides is 1. The topological polar surface area (TPSA) is 117 Å². The van der Waals surface area contributed by atoms with Crippen LogP contribution in [0.5, 0.6) is 0 Å². The quantitative estimate of drug-likeness (QED) is 0.461. The van der Waals surface area contributed by atoms with Crippen LogP contribution < -0.4 is 5.32 Å². The number of thiophene rings is 1. The largest absolute Gasteiger partial charge is 0.461 e. The first-order valence-electron chi connectivity index (χ1n) is 7.10. The number of ketones is 1. The summed E-state index contributed by atoms with van der Waals surface area (Å²) in [5.41, 5.74) is 0. The third-order valence-electron chi connectivity index (χ3n) is 2.85. The predicted octanol–water partition coefficient (Wildman–Crippen LogP) is 1.22. The lowest BCUT2D eigenvalue weighted by molar-refractivity contribution is -0.152. The second-order valence-corrected chi connectivity index (χ2v) is 6.09. The van der Waals surface area contributed by atoms with E-state index in [-0.39, 0.29) is 18.9 Å². The molecule has 0 saturated heterocycles. The molecule has 0 fully saturated rings. The van der Waals surface area contributed by atoms with Crippen molar-refractivity contribution in [2.45, 2.75) is 44.9 Å². The molecular formula is C15H20N2O5S. The molecule has 0 aliphatic carbocycles. The normalized spacial score (nSPS) is 13.2. The summed E-state index contributed by atoms with van der Waals surface area (Å²) in [4.78, 5) is 35.7. The molecule has 0 aliphatic rings. The van der Waals surface area contributed by atoms with E-state index in [0.29, 0.717) is 11.1 Å². The van der Waals surface area contributed by atoms with E-state index in [0.717, 1.165) is 0 Å². The van der Waals surface area contributed by atoms with Gasteiger partial charge in [0.15, 0.2) is 11.9 Å². The van der Waals surface area contributed by atoms with Gasteiger partial charge < -0.3 is 20.6 Å². The lowest BCUT2D eigenvalue weighted by Crippen LogP contribution is -2.44. The van der Waals surface area contributed by atoms with Crippen molar-refractivity contribution >= 4 is 35.2 Å². The van der Waals surface area contributed by atoms with Crippen molar-refractivity contribution in [3.63, 3.8) is 0 Å². The smallest absolute Gasteiger partial charge is 0.328 e. The number of carbonyl (C=O) groups is 3. The maximum Gasteiger partial charge on any atom is 0.328 e. The number of rotatable bonds is 9. The molecule has 2 atom stereocenters. The van der Waals surface area contributed by atoms with Crippen LogP contribution in [0.1, 0.15) is 37.7 Å². The van der Waals surface area contributed by atoms with E-state index in [4.69, 9.17) is 10.1 Å². The van der Waals surface area contributed by atoms with Gasteiger partial charge in [-0.15, -0.1) is 11.3 Å². The van der Waals surface area contributed by atoms with E-state index in [1.54, 1.807) is 31.4 Å². The van der Waals surface area contributed by atoms with Crippen LogP contribution in [0.4, 0.5) is 0 Å². The molecule has 0 radical (unpaired) electrons. The van der Waals surface area contributed by atoms with Crippen molar-refractivity contribution in [3.05, 3.63) is 22.4 Å². The molecule has 0 bridgehead atoms. The van der Waals surface area contributed by atoms with Crippen molar-refractivity contribution in [3.8, 4) is 0 Å². The Morgan fingerprint density at radius 2 is 2.13 bits per heavy atom. The maximum absolute atomic E-state index is 12.1. The highest BCUT2D eigenvalue weighted by molar-refractivity contribution is 7.10. The van der Waals surface area contributed by atoms with E-state index in [9.17, 15) is 19.5 Å². The third-order valence-corrected chi connectivity index (χ3v) is 3.78. The summed E-state index contributed by atoms with van der Waals surface area (Å²) < 4.78 is 5.05. The SMILES string of the molecule is CC(C)OC(=O)[C@H](CCC(=O)C=N)NC(=O)[C@H](O)c1cccs1. The van der Waals surface area contributed by atoms with Crippen LogP contribution in [-0.4, -0.2) is 41.1 Å². The fraction of sp³-hybridized carbons (Fsp3) is 0.467. The zero-order valence-electron chi connectivity index (χ0n) is 12.9. The number of carbonyl (C=O) groups excluding carboxylic acids is 3. The van der Waals surface area contributed by atoms with Crippen molar-refractivity contribution < 1.29 is 24.2 Å². The van der Waals surface area contributed by atoms with Crippen molar-refractivity contribution in [2.75, 3.05) is 0 Å². The number of Topliss-reactive ketones (excluding diaryl/α,β-unsaturated/α-hetero) is 1. The van der Waals surface area contributed by atoms with Gasteiger partial charge >= 0.3 is 5.97 Å². The van der Waals surface area contributed by atoms with Crippen LogP contribution in [0.3, 0.4) is 0 Å². The zero-order chi connectivity index (χ0) is 17.4. The summed E-state index contributed by atoms with van der Waals surface area (Å²) in [6, 6.07) is 2.25. The Morgan fingerprint density at radius 1 is 1.43 bits per heavy atom. The van der Waals surface area contributed by atoms with Gasteiger partial charge in [-0.3, -0.25) is 9.59 Å². The minimum absolute atomic E-state index is 0.00265. The number of aliphatic hydroxyl groups is 1.